The summed E-state index contributed by atoms with van der Waals surface area (Å²) in [4.78, 5) is 2.46. The highest BCUT2D eigenvalue weighted by Crippen LogP contribution is 2.14. The maximum Gasteiger partial charge on any atom is 0.124 e. The van der Waals surface area contributed by atoms with Crippen LogP contribution in [0.15, 0.2) is 53.6 Å². The molecule has 1 aliphatic heterocycles. The molecular weight excluding hydrogens is 286 g/mol. The zero-order valence-electron chi connectivity index (χ0n) is 13.5. The van der Waals surface area contributed by atoms with Crippen LogP contribution in [0, 0.1) is 6.92 Å². The lowest BCUT2D eigenvalue weighted by molar-refractivity contribution is 0.131. The van der Waals surface area contributed by atoms with Crippen LogP contribution in [0.5, 0.6) is 5.75 Å². The number of piperazine rings is 1. The Morgan fingerprint density at radius 1 is 1.00 bits per heavy atom. The summed E-state index contributed by atoms with van der Waals surface area (Å²) in [6.07, 6.45) is 1.74. The Hall–Kier alpha value is -2.33. The van der Waals surface area contributed by atoms with Crippen LogP contribution in [-0.2, 0) is 6.54 Å². The van der Waals surface area contributed by atoms with Gasteiger partial charge >= 0.3 is 0 Å². The van der Waals surface area contributed by atoms with E-state index in [1.54, 1.807) is 12.3 Å². The van der Waals surface area contributed by atoms with E-state index in [2.05, 4.69) is 46.2 Å². The normalized spacial score (nSPS) is 16.1. The van der Waals surface area contributed by atoms with Crippen molar-refractivity contribution < 1.29 is 5.11 Å². The van der Waals surface area contributed by atoms with Gasteiger partial charge in [-0.25, -0.2) is 0 Å². The Balaban J connectivity index is 1.50. The van der Waals surface area contributed by atoms with Gasteiger partial charge in [0.05, 0.1) is 6.21 Å². The van der Waals surface area contributed by atoms with Gasteiger partial charge in [-0.1, -0.05) is 42.0 Å². The maximum absolute atomic E-state index is 9.75. The lowest BCUT2D eigenvalue weighted by Crippen LogP contribution is -2.43. The number of aryl methyl sites for hydroxylation is 1. The number of nitrogens with zero attached hydrogens (tertiary/aromatic N) is 3. The number of para-hydroxylation sites is 1. The molecule has 4 nitrogen and oxygen atoms in total. The fourth-order valence-electron chi connectivity index (χ4n) is 2.70. The van der Waals surface area contributed by atoms with Crippen molar-refractivity contribution in [1.82, 2.24) is 9.91 Å². The van der Waals surface area contributed by atoms with Crippen LogP contribution in [0.2, 0.25) is 0 Å². The van der Waals surface area contributed by atoms with E-state index in [1.165, 1.54) is 11.1 Å². The molecule has 1 fully saturated rings. The standard InChI is InChI=1S/C19H23N3O/c1-16-6-8-17(9-7-16)15-21-10-12-22(13-11-21)20-14-18-4-2-3-5-19(18)23/h2-9,14,23H,10-13,15H2,1H3. The van der Waals surface area contributed by atoms with E-state index in [4.69, 9.17) is 0 Å². The van der Waals surface area contributed by atoms with Crippen molar-refractivity contribution in [1.29, 1.82) is 0 Å². The molecule has 1 heterocycles. The Kier molecular flexibility index (Phi) is 4.93. The van der Waals surface area contributed by atoms with Crippen molar-refractivity contribution in [2.75, 3.05) is 26.2 Å². The molecule has 1 aliphatic rings. The molecule has 0 radical (unpaired) electrons. The lowest BCUT2D eigenvalue weighted by atomic mass is 10.1. The minimum atomic E-state index is 0.272. The van der Waals surface area contributed by atoms with Crippen LogP contribution in [-0.4, -0.2) is 47.4 Å². The van der Waals surface area contributed by atoms with Gasteiger partial charge in [0.25, 0.3) is 0 Å². The minimum absolute atomic E-state index is 0.272. The molecule has 0 aliphatic carbocycles. The number of phenols is 1. The van der Waals surface area contributed by atoms with Crippen LogP contribution in [0.1, 0.15) is 16.7 Å². The smallest absolute Gasteiger partial charge is 0.124 e. The molecule has 3 rings (SSSR count). The monoisotopic (exact) mass is 309 g/mol. The van der Waals surface area contributed by atoms with Crippen molar-refractivity contribution in [2.45, 2.75) is 13.5 Å². The molecule has 4 heteroatoms. The Labute approximate surface area is 137 Å². The first-order chi connectivity index (χ1) is 11.2. The third-order valence-electron chi connectivity index (χ3n) is 4.17. The van der Waals surface area contributed by atoms with Gasteiger partial charge in [-0.15, -0.1) is 0 Å². The largest absolute Gasteiger partial charge is 0.507 e. The van der Waals surface area contributed by atoms with Crippen LogP contribution >= 0.6 is 0 Å². The molecule has 0 aromatic heterocycles. The molecule has 23 heavy (non-hydrogen) atoms. The number of benzene rings is 2. The summed E-state index contributed by atoms with van der Waals surface area (Å²) in [5.41, 5.74) is 3.42. The Morgan fingerprint density at radius 3 is 2.39 bits per heavy atom. The summed E-state index contributed by atoms with van der Waals surface area (Å²) >= 11 is 0. The van der Waals surface area contributed by atoms with Gasteiger partial charge in [0.2, 0.25) is 0 Å². The number of rotatable bonds is 4. The van der Waals surface area contributed by atoms with Gasteiger partial charge in [-0.05, 0) is 24.6 Å². The van der Waals surface area contributed by atoms with E-state index in [0.29, 0.717) is 0 Å². The van der Waals surface area contributed by atoms with E-state index in [0.717, 1.165) is 38.3 Å². The zero-order valence-corrected chi connectivity index (χ0v) is 13.5. The summed E-state index contributed by atoms with van der Waals surface area (Å²) in [7, 11) is 0. The summed E-state index contributed by atoms with van der Waals surface area (Å²) in [6, 6.07) is 16.0. The first kappa shape index (κ1) is 15.6. The lowest BCUT2D eigenvalue weighted by Gasteiger charge is -2.33. The van der Waals surface area contributed by atoms with E-state index in [-0.39, 0.29) is 5.75 Å². The molecule has 0 saturated carbocycles. The third kappa shape index (κ3) is 4.33. The Bertz CT molecular complexity index is 659. The molecule has 0 bridgehead atoms. The topological polar surface area (TPSA) is 39.1 Å². The zero-order chi connectivity index (χ0) is 16.1. The van der Waals surface area contributed by atoms with E-state index in [9.17, 15) is 5.11 Å². The van der Waals surface area contributed by atoms with Gasteiger partial charge < -0.3 is 5.11 Å². The first-order valence-corrected chi connectivity index (χ1v) is 8.05. The second kappa shape index (κ2) is 7.29. The van der Waals surface area contributed by atoms with Crippen molar-refractivity contribution >= 4 is 6.21 Å². The molecule has 0 spiro atoms. The molecule has 2 aromatic carbocycles. The highest BCUT2D eigenvalue weighted by atomic mass is 16.3. The van der Waals surface area contributed by atoms with E-state index < -0.39 is 0 Å². The average Bonchev–Trinajstić information content (AvgIpc) is 2.58. The highest BCUT2D eigenvalue weighted by molar-refractivity contribution is 5.82. The predicted octanol–water partition coefficient (Wildman–Crippen LogP) is 2.85. The molecular formula is C19H23N3O. The summed E-state index contributed by atoms with van der Waals surface area (Å²) < 4.78 is 0. The molecule has 0 unspecified atom stereocenters. The number of hydrazone groups is 1. The van der Waals surface area contributed by atoms with E-state index >= 15 is 0 Å². The third-order valence-corrected chi connectivity index (χ3v) is 4.17. The quantitative estimate of drug-likeness (QED) is 0.883. The molecule has 1 saturated heterocycles. The van der Waals surface area contributed by atoms with Gasteiger partial charge in [-0.3, -0.25) is 9.91 Å². The van der Waals surface area contributed by atoms with Crippen molar-refractivity contribution in [2.24, 2.45) is 5.10 Å². The van der Waals surface area contributed by atoms with Gasteiger partial charge in [-0.2, -0.15) is 5.10 Å². The fourth-order valence-corrected chi connectivity index (χ4v) is 2.70. The van der Waals surface area contributed by atoms with Crippen LogP contribution in [0.3, 0.4) is 0 Å². The maximum atomic E-state index is 9.75. The predicted molar refractivity (Wildman–Crippen MR) is 93.7 cm³/mol. The number of hydrogen-bond acceptors (Lipinski definition) is 4. The number of hydrogen-bond donors (Lipinski definition) is 1. The van der Waals surface area contributed by atoms with Crippen LogP contribution in [0.25, 0.3) is 0 Å². The fraction of sp³-hybridized carbons (Fsp3) is 0.316. The van der Waals surface area contributed by atoms with Crippen LogP contribution in [0.4, 0.5) is 0 Å². The average molecular weight is 309 g/mol. The molecule has 1 N–H and O–H groups in total. The SMILES string of the molecule is Cc1ccc(CN2CCN(N=Cc3ccccc3O)CC2)cc1. The summed E-state index contributed by atoms with van der Waals surface area (Å²) in [6.45, 7) is 6.95. The minimum Gasteiger partial charge on any atom is -0.507 e. The molecule has 0 amide bonds. The van der Waals surface area contributed by atoms with Gasteiger partial charge in [0.15, 0.2) is 0 Å². The summed E-state index contributed by atoms with van der Waals surface area (Å²) in [5, 5.41) is 16.3. The molecule has 0 atom stereocenters. The number of aromatic hydroxyl groups is 1. The second-order valence-corrected chi connectivity index (χ2v) is 6.02. The molecule has 2 aromatic rings. The van der Waals surface area contributed by atoms with E-state index in [1.807, 2.05) is 18.2 Å². The first-order valence-electron chi connectivity index (χ1n) is 8.05. The van der Waals surface area contributed by atoms with Crippen LogP contribution < -0.4 is 0 Å². The van der Waals surface area contributed by atoms with Gasteiger partial charge in [0, 0.05) is 38.3 Å². The number of phenolic OH excluding ortho intramolecular Hbond substituents is 1. The second-order valence-electron chi connectivity index (χ2n) is 6.02. The summed E-state index contributed by atoms with van der Waals surface area (Å²) in [5.74, 6) is 0.272. The van der Waals surface area contributed by atoms with Crippen molar-refractivity contribution in [3.63, 3.8) is 0 Å². The van der Waals surface area contributed by atoms with Crippen molar-refractivity contribution in [3.8, 4) is 5.75 Å². The Morgan fingerprint density at radius 2 is 1.70 bits per heavy atom. The molecule has 120 valence electrons. The highest BCUT2D eigenvalue weighted by Gasteiger charge is 2.15. The van der Waals surface area contributed by atoms with Gasteiger partial charge in [0.1, 0.15) is 5.75 Å². The van der Waals surface area contributed by atoms with Crippen molar-refractivity contribution in [3.05, 3.63) is 65.2 Å².